The van der Waals surface area contributed by atoms with Crippen LogP contribution < -0.4 is 0 Å². The van der Waals surface area contributed by atoms with Crippen molar-refractivity contribution in [1.82, 2.24) is 0 Å². The second-order valence-corrected chi connectivity index (χ2v) is 3.12. The molecule has 0 unspecified atom stereocenters. The molecule has 0 aromatic heterocycles. The predicted molar refractivity (Wildman–Crippen MR) is 35.7 cm³/mol. The van der Waals surface area contributed by atoms with Crippen LogP contribution in [-0.2, 0) is 0 Å². The predicted octanol–water partition coefficient (Wildman–Crippen LogP) is 1.88. The second-order valence-electron chi connectivity index (χ2n) is 2.49. The Morgan fingerprint density at radius 3 is 1.88 bits per heavy atom. The average Bonchev–Trinajstić information content (AvgIpc) is 2.22. The Kier molecular flexibility index (Phi) is 1.06. The van der Waals surface area contributed by atoms with Gasteiger partial charge in [0.05, 0.1) is 0 Å². The van der Waals surface area contributed by atoms with E-state index in [-0.39, 0.29) is 4.87 Å². The Morgan fingerprint density at radius 1 is 1.50 bits per heavy atom. The fourth-order valence-electron chi connectivity index (χ4n) is 0.988. The van der Waals surface area contributed by atoms with Crippen molar-refractivity contribution in [2.24, 2.45) is 11.8 Å². The first-order chi connectivity index (χ1) is 3.63. The fraction of sp³-hybridized carbons (Fsp3) is 0.714. The lowest BCUT2D eigenvalue weighted by molar-refractivity contribution is 0.834. The zero-order valence-electron chi connectivity index (χ0n) is 5.11. The first kappa shape index (κ1) is 5.98. The molecule has 0 spiro atoms. The maximum Gasteiger partial charge on any atom is 0.110 e. The highest BCUT2D eigenvalue weighted by molar-refractivity contribution is 6.28. The van der Waals surface area contributed by atoms with E-state index in [1.54, 1.807) is 0 Å². The third kappa shape index (κ3) is 0.485. The van der Waals surface area contributed by atoms with Gasteiger partial charge in [0.25, 0.3) is 0 Å². The van der Waals surface area contributed by atoms with Gasteiger partial charge in [0.1, 0.15) is 4.87 Å². The molecular weight excluding hydrogens is 120 g/mol. The molecule has 1 aliphatic rings. The highest BCUT2D eigenvalue weighted by atomic mass is 35.5. The van der Waals surface area contributed by atoms with Crippen molar-refractivity contribution in [1.29, 1.82) is 0 Å². The summed E-state index contributed by atoms with van der Waals surface area (Å²) in [5.74, 6) is 3.60. The van der Waals surface area contributed by atoms with Crippen LogP contribution in [0.25, 0.3) is 0 Å². The van der Waals surface area contributed by atoms with E-state index in [2.05, 4.69) is 19.8 Å². The Balaban J connectivity index is 2.67. The molecular formula is C7H9Cl. The summed E-state index contributed by atoms with van der Waals surface area (Å²) < 4.78 is 0. The molecule has 1 aliphatic carbocycles. The van der Waals surface area contributed by atoms with Crippen LogP contribution in [0, 0.1) is 24.2 Å². The molecule has 0 aromatic rings. The molecule has 1 rings (SSSR count). The van der Waals surface area contributed by atoms with Crippen molar-refractivity contribution in [2.45, 2.75) is 18.7 Å². The molecule has 0 amide bonds. The quantitative estimate of drug-likeness (QED) is 0.345. The van der Waals surface area contributed by atoms with Gasteiger partial charge in [-0.2, -0.15) is 0 Å². The smallest absolute Gasteiger partial charge is 0.110 e. The fourth-order valence-corrected chi connectivity index (χ4v) is 1.30. The lowest BCUT2D eigenvalue weighted by Crippen LogP contribution is -1.95. The highest BCUT2D eigenvalue weighted by Crippen LogP contribution is 2.54. The summed E-state index contributed by atoms with van der Waals surface area (Å²) in [7, 11) is 0. The zero-order valence-corrected chi connectivity index (χ0v) is 5.87. The molecule has 0 aliphatic heterocycles. The largest absolute Gasteiger partial charge is 0.118 e. The van der Waals surface area contributed by atoms with E-state index in [9.17, 15) is 0 Å². The molecule has 0 aromatic carbocycles. The van der Waals surface area contributed by atoms with Gasteiger partial charge in [0.15, 0.2) is 0 Å². The third-order valence-electron chi connectivity index (χ3n) is 2.19. The summed E-state index contributed by atoms with van der Waals surface area (Å²) in [5, 5.41) is 0. The molecule has 44 valence electrons. The number of hydrogen-bond donors (Lipinski definition) is 0. The van der Waals surface area contributed by atoms with Gasteiger partial charge in [-0.1, -0.05) is 19.8 Å². The van der Waals surface area contributed by atoms with Crippen molar-refractivity contribution in [3.8, 4) is 12.3 Å². The normalized spacial score (nSPS) is 52.8. The van der Waals surface area contributed by atoms with Crippen LogP contribution >= 0.6 is 11.6 Å². The van der Waals surface area contributed by atoms with Gasteiger partial charge >= 0.3 is 0 Å². The Morgan fingerprint density at radius 2 is 1.88 bits per heavy atom. The summed E-state index contributed by atoms with van der Waals surface area (Å²) in [5.41, 5.74) is 0. The van der Waals surface area contributed by atoms with Crippen molar-refractivity contribution in [3.05, 3.63) is 0 Å². The van der Waals surface area contributed by atoms with E-state index < -0.39 is 0 Å². The van der Waals surface area contributed by atoms with E-state index >= 15 is 0 Å². The van der Waals surface area contributed by atoms with E-state index in [1.165, 1.54) is 0 Å². The molecule has 1 fully saturated rings. The number of hydrogen-bond acceptors (Lipinski definition) is 0. The molecule has 0 nitrogen and oxygen atoms in total. The van der Waals surface area contributed by atoms with E-state index in [1.807, 2.05) is 0 Å². The van der Waals surface area contributed by atoms with Crippen LogP contribution in [0.5, 0.6) is 0 Å². The SMILES string of the molecule is C#CC1(Cl)[C@H](C)[C@H]1C. The number of halogens is 1. The molecule has 0 radical (unpaired) electrons. The summed E-state index contributed by atoms with van der Waals surface area (Å²) >= 11 is 5.89. The molecule has 0 bridgehead atoms. The van der Waals surface area contributed by atoms with Crippen molar-refractivity contribution < 1.29 is 0 Å². The van der Waals surface area contributed by atoms with Gasteiger partial charge in [-0.3, -0.25) is 0 Å². The van der Waals surface area contributed by atoms with Gasteiger partial charge in [0.2, 0.25) is 0 Å². The van der Waals surface area contributed by atoms with Crippen molar-refractivity contribution in [3.63, 3.8) is 0 Å². The van der Waals surface area contributed by atoms with Crippen LogP contribution in [0.2, 0.25) is 0 Å². The molecule has 8 heavy (non-hydrogen) atoms. The van der Waals surface area contributed by atoms with Gasteiger partial charge in [-0.25, -0.2) is 0 Å². The number of alkyl halides is 1. The van der Waals surface area contributed by atoms with E-state index in [0.29, 0.717) is 11.8 Å². The highest BCUT2D eigenvalue weighted by Gasteiger charge is 2.57. The topological polar surface area (TPSA) is 0 Å². The van der Waals surface area contributed by atoms with Gasteiger partial charge in [0, 0.05) is 0 Å². The number of rotatable bonds is 0. The van der Waals surface area contributed by atoms with Gasteiger partial charge in [-0.05, 0) is 11.8 Å². The second kappa shape index (κ2) is 1.42. The van der Waals surface area contributed by atoms with Crippen LogP contribution in [0.1, 0.15) is 13.8 Å². The first-order valence-electron chi connectivity index (χ1n) is 2.79. The third-order valence-corrected chi connectivity index (χ3v) is 2.98. The molecule has 1 heteroatoms. The van der Waals surface area contributed by atoms with Crippen LogP contribution in [0.15, 0.2) is 0 Å². The molecule has 0 N–H and O–H groups in total. The summed E-state index contributed by atoms with van der Waals surface area (Å²) in [6, 6.07) is 0. The zero-order chi connectivity index (χ0) is 6.36. The van der Waals surface area contributed by atoms with Crippen LogP contribution in [0.3, 0.4) is 0 Å². The van der Waals surface area contributed by atoms with Crippen LogP contribution in [0.4, 0.5) is 0 Å². The minimum absolute atomic E-state index is 0.292. The molecule has 1 saturated carbocycles. The monoisotopic (exact) mass is 128 g/mol. The maximum atomic E-state index is 5.89. The van der Waals surface area contributed by atoms with Crippen molar-refractivity contribution in [2.75, 3.05) is 0 Å². The lowest BCUT2D eigenvalue weighted by atomic mass is 10.3. The van der Waals surface area contributed by atoms with Gasteiger partial charge in [-0.15, -0.1) is 18.0 Å². The summed E-state index contributed by atoms with van der Waals surface area (Å²) in [4.78, 5) is -0.292. The standard InChI is InChI=1S/C7H9Cl/c1-4-7(8)5(2)6(7)3/h1,5-6H,2-3H3/t5-,6-/m1/s1. The average molecular weight is 129 g/mol. The molecule has 0 saturated heterocycles. The van der Waals surface area contributed by atoms with Crippen LogP contribution in [-0.4, -0.2) is 4.87 Å². The molecule has 2 atom stereocenters. The Labute approximate surface area is 55.2 Å². The maximum absolute atomic E-state index is 5.89. The lowest BCUT2D eigenvalue weighted by Gasteiger charge is -1.90. The minimum Gasteiger partial charge on any atom is -0.118 e. The molecule has 0 heterocycles. The number of terminal acetylenes is 1. The first-order valence-corrected chi connectivity index (χ1v) is 3.17. The van der Waals surface area contributed by atoms with E-state index in [0.717, 1.165) is 0 Å². The Bertz CT molecular complexity index is 135. The Hall–Kier alpha value is -0.150. The minimum atomic E-state index is -0.292. The summed E-state index contributed by atoms with van der Waals surface area (Å²) in [6.45, 7) is 4.16. The van der Waals surface area contributed by atoms with Crippen molar-refractivity contribution >= 4 is 11.6 Å². The van der Waals surface area contributed by atoms with E-state index in [4.69, 9.17) is 18.0 Å². The summed E-state index contributed by atoms with van der Waals surface area (Å²) in [6.07, 6.45) is 5.17. The van der Waals surface area contributed by atoms with Gasteiger partial charge < -0.3 is 0 Å².